The second-order valence-corrected chi connectivity index (χ2v) is 12.6. The van der Waals surface area contributed by atoms with E-state index in [9.17, 15) is 0 Å². The molecular weight excluding hydrogens is 322 g/mol. The molecule has 4 aromatic rings. The van der Waals surface area contributed by atoms with Crippen LogP contribution in [0, 0.1) is 0 Å². The highest BCUT2D eigenvalue weighted by Gasteiger charge is 2.23. The fourth-order valence-corrected chi connectivity index (χ4v) is 4.91. The van der Waals surface area contributed by atoms with Crippen molar-refractivity contribution in [1.29, 1.82) is 0 Å². The normalized spacial score (nSPS) is 12.0. The predicted molar refractivity (Wildman–Crippen MR) is 111 cm³/mol. The Bertz CT molecular complexity index is 1040. The minimum Gasteiger partial charge on any atom is -0.454 e. The Morgan fingerprint density at radius 2 is 1.36 bits per heavy atom. The number of benzene rings is 3. The third kappa shape index (κ3) is 2.65. The van der Waals surface area contributed by atoms with Gasteiger partial charge in [0.2, 0.25) is 0 Å². The summed E-state index contributed by atoms with van der Waals surface area (Å²) in [6, 6.07) is 23.4. The molecule has 2 nitrogen and oxygen atoms in total. The zero-order chi connectivity index (χ0) is 17.6. The highest BCUT2D eigenvalue weighted by atomic mass is 28.3. The summed E-state index contributed by atoms with van der Waals surface area (Å²) in [5.41, 5.74) is 4.28. The van der Waals surface area contributed by atoms with Crippen LogP contribution < -0.4 is 10.1 Å². The molecule has 0 aliphatic rings. The molecule has 0 N–H and O–H groups in total. The third-order valence-electron chi connectivity index (χ3n) is 4.82. The first-order chi connectivity index (χ1) is 12.0. The summed E-state index contributed by atoms with van der Waals surface area (Å²) in [7, 11) is 0.617. The van der Waals surface area contributed by atoms with E-state index < -0.39 is 8.07 Å². The van der Waals surface area contributed by atoms with Gasteiger partial charge >= 0.3 is 0 Å². The fourth-order valence-electron chi connectivity index (χ4n) is 3.45. The van der Waals surface area contributed by atoms with E-state index >= 15 is 0 Å². The van der Waals surface area contributed by atoms with Crippen molar-refractivity contribution in [1.82, 2.24) is 0 Å². The van der Waals surface area contributed by atoms with Crippen LogP contribution in [-0.2, 0) is 0 Å². The summed E-state index contributed by atoms with van der Waals surface area (Å²) in [4.78, 5) is 2.19. The summed E-state index contributed by atoms with van der Waals surface area (Å²) >= 11 is 0. The number of anilines is 2. The van der Waals surface area contributed by atoms with Gasteiger partial charge in [-0.1, -0.05) is 68.2 Å². The largest absolute Gasteiger partial charge is 0.454 e. The molecule has 0 amide bonds. The van der Waals surface area contributed by atoms with Crippen LogP contribution >= 0.6 is 0 Å². The number of rotatable bonds is 3. The second kappa shape index (κ2) is 5.78. The van der Waals surface area contributed by atoms with E-state index in [0.29, 0.717) is 0 Å². The van der Waals surface area contributed by atoms with Gasteiger partial charge in [-0.15, -0.1) is 0 Å². The molecule has 3 aromatic carbocycles. The monoisotopic (exact) mass is 345 g/mol. The average molecular weight is 346 g/mol. The Morgan fingerprint density at radius 1 is 0.720 bits per heavy atom. The molecule has 3 heteroatoms. The van der Waals surface area contributed by atoms with Crippen LogP contribution in [0.1, 0.15) is 0 Å². The molecule has 0 saturated heterocycles. The molecule has 25 heavy (non-hydrogen) atoms. The van der Waals surface area contributed by atoms with Gasteiger partial charge < -0.3 is 9.32 Å². The van der Waals surface area contributed by atoms with Gasteiger partial charge in [0.1, 0.15) is 5.58 Å². The van der Waals surface area contributed by atoms with Crippen molar-refractivity contribution < 1.29 is 4.42 Å². The molecule has 0 unspecified atom stereocenters. The van der Waals surface area contributed by atoms with Crippen LogP contribution in [0.2, 0.25) is 19.6 Å². The van der Waals surface area contributed by atoms with E-state index in [0.717, 1.165) is 22.5 Å². The van der Waals surface area contributed by atoms with E-state index in [-0.39, 0.29) is 0 Å². The van der Waals surface area contributed by atoms with Gasteiger partial charge in [0.15, 0.2) is 5.58 Å². The van der Waals surface area contributed by atoms with E-state index in [1.54, 1.807) is 0 Å². The summed E-state index contributed by atoms with van der Waals surface area (Å²) in [6.07, 6.45) is 0. The minimum absolute atomic E-state index is 0.967. The van der Waals surface area contributed by atoms with Gasteiger partial charge in [-0.3, -0.25) is 0 Å². The van der Waals surface area contributed by atoms with Crippen molar-refractivity contribution in [2.24, 2.45) is 0 Å². The number of para-hydroxylation sites is 3. The molecular formula is C22H23NOSi. The zero-order valence-electron chi connectivity index (χ0n) is 15.2. The molecule has 0 radical (unpaired) electrons. The fraction of sp³-hybridized carbons (Fsp3) is 0.182. The lowest BCUT2D eigenvalue weighted by atomic mass is 10.1. The highest BCUT2D eigenvalue weighted by Crippen LogP contribution is 2.37. The lowest BCUT2D eigenvalue weighted by Gasteiger charge is -2.19. The van der Waals surface area contributed by atoms with E-state index in [1.807, 2.05) is 6.07 Å². The number of nitrogens with zero attached hydrogens (tertiary/aromatic N) is 1. The Labute approximate surface area is 149 Å². The van der Waals surface area contributed by atoms with Crippen molar-refractivity contribution in [3.05, 3.63) is 66.7 Å². The van der Waals surface area contributed by atoms with Crippen LogP contribution in [-0.4, -0.2) is 15.1 Å². The molecule has 0 atom stereocenters. The van der Waals surface area contributed by atoms with Crippen LogP contribution in [0.15, 0.2) is 71.1 Å². The van der Waals surface area contributed by atoms with Crippen molar-refractivity contribution in [2.45, 2.75) is 19.6 Å². The van der Waals surface area contributed by atoms with Gasteiger partial charge in [-0.05, 0) is 23.4 Å². The maximum Gasteiger partial charge on any atom is 0.159 e. The molecule has 0 spiro atoms. The van der Waals surface area contributed by atoms with Gasteiger partial charge in [-0.2, -0.15) is 0 Å². The maximum absolute atomic E-state index is 6.48. The van der Waals surface area contributed by atoms with Gasteiger partial charge in [-0.25, -0.2) is 0 Å². The Balaban J connectivity index is 1.99. The molecule has 0 aliphatic heterocycles. The summed E-state index contributed by atoms with van der Waals surface area (Å²) < 4.78 is 6.48. The standard InChI is InChI=1S/C22H23NOSi/c1-23(16-10-6-5-7-11-16)19-14-8-12-17-18-13-9-15-20(25(2,3)4)22(18)24-21(17)19/h5-15H,1-4H3. The van der Waals surface area contributed by atoms with Crippen molar-refractivity contribution in [3.63, 3.8) is 0 Å². The summed E-state index contributed by atoms with van der Waals surface area (Å²) in [5, 5.41) is 3.79. The smallest absolute Gasteiger partial charge is 0.159 e. The molecule has 0 bridgehead atoms. The Morgan fingerprint density at radius 3 is 2.04 bits per heavy atom. The third-order valence-corrected chi connectivity index (χ3v) is 6.83. The molecule has 0 fully saturated rings. The minimum atomic E-state index is -1.48. The van der Waals surface area contributed by atoms with Crippen molar-refractivity contribution >= 4 is 46.6 Å². The first-order valence-corrected chi connectivity index (χ1v) is 12.2. The predicted octanol–water partition coefficient (Wildman–Crippen LogP) is 5.90. The molecule has 0 aliphatic carbocycles. The number of fused-ring (bicyclic) bond motifs is 3. The average Bonchev–Trinajstić information content (AvgIpc) is 2.99. The van der Waals surface area contributed by atoms with Crippen LogP contribution in [0.3, 0.4) is 0 Å². The Kier molecular flexibility index (Phi) is 3.69. The summed E-state index contributed by atoms with van der Waals surface area (Å²) in [5.74, 6) is 0. The summed E-state index contributed by atoms with van der Waals surface area (Å²) in [6.45, 7) is 7.10. The van der Waals surface area contributed by atoms with Crippen molar-refractivity contribution in [2.75, 3.05) is 11.9 Å². The van der Waals surface area contributed by atoms with E-state index in [1.165, 1.54) is 16.0 Å². The van der Waals surface area contributed by atoms with Crippen LogP contribution in [0.4, 0.5) is 11.4 Å². The lowest BCUT2D eigenvalue weighted by molar-refractivity contribution is 0.671. The topological polar surface area (TPSA) is 16.4 Å². The first-order valence-electron chi connectivity index (χ1n) is 8.70. The number of hydrogen-bond donors (Lipinski definition) is 0. The molecule has 4 rings (SSSR count). The highest BCUT2D eigenvalue weighted by molar-refractivity contribution is 6.90. The Hall–Kier alpha value is -2.52. The van der Waals surface area contributed by atoms with Crippen LogP contribution in [0.25, 0.3) is 21.9 Å². The SMILES string of the molecule is CN(c1ccccc1)c1cccc2c1oc1c([Si](C)(C)C)cccc12. The van der Waals surface area contributed by atoms with Gasteiger partial charge in [0.25, 0.3) is 0 Å². The van der Waals surface area contributed by atoms with E-state index in [4.69, 9.17) is 4.42 Å². The molecule has 1 aromatic heterocycles. The van der Waals surface area contributed by atoms with Gasteiger partial charge in [0, 0.05) is 23.5 Å². The maximum atomic E-state index is 6.48. The zero-order valence-corrected chi connectivity index (χ0v) is 16.2. The first kappa shape index (κ1) is 16.0. The molecule has 126 valence electrons. The van der Waals surface area contributed by atoms with Gasteiger partial charge in [0.05, 0.1) is 13.8 Å². The van der Waals surface area contributed by atoms with Crippen LogP contribution in [0.5, 0.6) is 0 Å². The lowest BCUT2D eigenvalue weighted by Crippen LogP contribution is -2.37. The second-order valence-electron chi connectivity index (χ2n) is 7.58. The number of hydrogen-bond acceptors (Lipinski definition) is 2. The number of furan rings is 1. The quantitative estimate of drug-likeness (QED) is 0.430. The molecule has 1 heterocycles. The molecule has 0 saturated carbocycles. The van der Waals surface area contributed by atoms with Crippen molar-refractivity contribution in [3.8, 4) is 0 Å². The van der Waals surface area contributed by atoms with E-state index in [2.05, 4.69) is 92.3 Å².